The molecule has 0 saturated carbocycles. The van der Waals surface area contributed by atoms with Gasteiger partial charge in [0.25, 0.3) is 5.56 Å². The fourth-order valence-electron chi connectivity index (χ4n) is 3.73. The number of nitrogens with zero attached hydrogens (tertiary/aromatic N) is 3. The van der Waals surface area contributed by atoms with E-state index in [0.29, 0.717) is 47.9 Å². The van der Waals surface area contributed by atoms with E-state index in [2.05, 4.69) is 50.5 Å². The van der Waals surface area contributed by atoms with Gasteiger partial charge in [0.15, 0.2) is 11.5 Å². The monoisotopic (exact) mass is 659 g/mol. The standard InChI is InChI=1S/C28H27BrIN3O3/c1-3-5-11-26-32-24-13-12-21(29)16-22(24)28(34)33(26)31-17-20-14-23(30)27(25(15-20)35-4-2)36-18-19-9-7-6-8-10-19/h6-10,12-17H,3-5,11,18H2,1-2H3. The van der Waals surface area contributed by atoms with Gasteiger partial charge in [-0.3, -0.25) is 4.79 Å². The molecule has 0 N–H and O–H groups in total. The highest BCUT2D eigenvalue weighted by molar-refractivity contribution is 14.1. The third-order valence-electron chi connectivity index (χ3n) is 5.51. The molecule has 4 aromatic rings. The van der Waals surface area contributed by atoms with Gasteiger partial charge in [-0.1, -0.05) is 59.6 Å². The molecule has 6 nitrogen and oxygen atoms in total. The van der Waals surface area contributed by atoms with Crippen LogP contribution in [0.5, 0.6) is 11.5 Å². The van der Waals surface area contributed by atoms with Crippen LogP contribution in [-0.4, -0.2) is 22.5 Å². The third-order valence-corrected chi connectivity index (χ3v) is 6.80. The molecule has 1 heterocycles. The second-order valence-corrected chi connectivity index (χ2v) is 10.3. The highest BCUT2D eigenvalue weighted by Crippen LogP contribution is 2.34. The summed E-state index contributed by atoms with van der Waals surface area (Å²) in [5, 5.41) is 5.10. The Hall–Kier alpha value is -2.72. The number of aryl methyl sites for hydroxylation is 1. The molecule has 3 aromatic carbocycles. The normalized spacial score (nSPS) is 11.3. The van der Waals surface area contributed by atoms with Gasteiger partial charge >= 0.3 is 0 Å². The van der Waals surface area contributed by atoms with Gasteiger partial charge in [0.05, 0.1) is 27.3 Å². The van der Waals surface area contributed by atoms with Crippen LogP contribution in [0.4, 0.5) is 0 Å². The third kappa shape index (κ3) is 6.34. The highest BCUT2D eigenvalue weighted by Gasteiger charge is 2.14. The predicted octanol–water partition coefficient (Wildman–Crippen LogP) is 6.97. The number of hydrogen-bond donors (Lipinski definition) is 0. The van der Waals surface area contributed by atoms with E-state index in [1.54, 1.807) is 12.3 Å². The highest BCUT2D eigenvalue weighted by atomic mass is 127. The quantitative estimate of drug-likeness (QED) is 0.136. The van der Waals surface area contributed by atoms with E-state index < -0.39 is 0 Å². The molecule has 0 unspecified atom stereocenters. The van der Waals surface area contributed by atoms with Crippen LogP contribution >= 0.6 is 38.5 Å². The molecule has 36 heavy (non-hydrogen) atoms. The molecular formula is C28H27BrIN3O3. The van der Waals surface area contributed by atoms with Crippen molar-refractivity contribution in [2.24, 2.45) is 5.10 Å². The van der Waals surface area contributed by atoms with Crippen LogP contribution < -0.4 is 15.0 Å². The van der Waals surface area contributed by atoms with Crippen molar-refractivity contribution in [2.75, 3.05) is 6.61 Å². The van der Waals surface area contributed by atoms with E-state index in [1.807, 2.05) is 61.5 Å². The molecule has 0 spiro atoms. The summed E-state index contributed by atoms with van der Waals surface area (Å²) in [6.45, 7) is 5.00. The number of aromatic nitrogens is 2. The lowest BCUT2D eigenvalue weighted by atomic mass is 10.2. The zero-order valence-corrected chi connectivity index (χ0v) is 24.0. The van der Waals surface area contributed by atoms with Crippen molar-refractivity contribution in [3.05, 3.63) is 96.0 Å². The van der Waals surface area contributed by atoms with E-state index in [0.717, 1.165) is 32.0 Å². The summed E-state index contributed by atoms with van der Waals surface area (Å²) in [6.07, 6.45) is 4.26. The van der Waals surface area contributed by atoms with E-state index in [1.165, 1.54) is 4.68 Å². The lowest BCUT2D eigenvalue weighted by molar-refractivity contribution is 0.267. The van der Waals surface area contributed by atoms with E-state index in [4.69, 9.17) is 14.5 Å². The predicted molar refractivity (Wildman–Crippen MR) is 156 cm³/mol. The molecule has 0 saturated heterocycles. The van der Waals surface area contributed by atoms with Crippen LogP contribution in [0, 0.1) is 3.57 Å². The largest absolute Gasteiger partial charge is 0.490 e. The fraction of sp³-hybridized carbons (Fsp3) is 0.250. The molecule has 0 aliphatic carbocycles. The van der Waals surface area contributed by atoms with Crippen LogP contribution in [0.15, 0.2) is 75.0 Å². The molecule has 0 aliphatic rings. The van der Waals surface area contributed by atoms with Gasteiger partial charge in [-0.25, -0.2) is 4.98 Å². The maximum Gasteiger partial charge on any atom is 0.282 e. The first kappa shape index (κ1) is 26.3. The first-order valence-corrected chi connectivity index (χ1v) is 13.8. The lowest BCUT2D eigenvalue weighted by Crippen LogP contribution is -2.22. The molecule has 1 aromatic heterocycles. The maximum atomic E-state index is 13.3. The summed E-state index contributed by atoms with van der Waals surface area (Å²) in [7, 11) is 0. The minimum atomic E-state index is -0.189. The molecule has 0 radical (unpaired) electrons. The minimum absolute atomic E-state index is 0.189. The Morgan fingerprint density at radius 1 is 1.08 bits per heavy atom. The minimum Gasteiger partial charge on any atom is -0.490 e. The Labute approximate surface area is 232 Å². The summed E-state index contributed by atoms with van der Waals surface area (Å²) in [5.74, 6) is 1.98. The van der Waals surface area contributed by atoms with Crippen LogP contribution in [0.3, 0.4) is 0 Å². The van der Waals surface area contributed by atoms with Crippen LogP contribution in [-0.2, 0) is 13.0 Å². The van der Waals surface area contributed by atoms with Gasteiger partial charge < -0.3 is 9.47 Å². The average molecular weight is 660 g/mol. The number of ether oxygens (including phenoxy) is 2. The van der Waals surface area contributed by atoms with Crippen molar-refractivity contribution >= 4 is 55.6 Å². The van der Waals surface area contributed by atoms with Crippen LogP contribution in [0.2, 0.25) is 0 Å². The lowest BCUT2D eigenvalue weighted by Gasteiger charge is -2.15. The Morgan fingerprint density at radius 3 is 2.64 bits per heavy atom. The van der Waals surface area contributed by atoms with Crippen molar-refractivity contribution < 1.29 is 9.47 Å². The summed E-state index contributed by atoms with van der Waals surface area (Å²) < 4.78 is 15.2. The summed E-state index contributed by atoms with van der Waals surface area (Å²) in [5.41, 5.74) is 2.37. The molecule has 4 rings (SSSR count). The molecule has 186 valence electrons. The van der Waals surface area contributed by atoms with E-state index in [9.17, 15) is 4.79 Å². The molecule has 0 fully saturated rings. The Kier molecular flexibility index (Phi) is 9.14. The van der Waals surface area contributed by atoms with Gasteiger partial charge in [-0.15, -0.1) is 0 Å². The summed E-state index contributed by atoms with van der Waals surface area (Å²) in [4.78, 5) is 18.1. The van der Waals surface area contributed by atoms with Gasteiger partial charge in [0.1, 0.15) is 12.4 Å². The van der Waals surface area contributed by atoms with Gasteiger partial charge in [0.2, 0.25) is 0 Å². The summed E-state index contributed by atoms with van der Waals surface area (Å²) >= 11 is 5.69. The second kappa shape index (κ2) is 12.5. The average Bonchev–Trinajstić information content (AvgIpc) is 2.87. The number of benzene rings is 3. The fourth-order valence-corrected chi connectivity index (χ4v) is 4.87. The first-order valence-electron chi connectivity index (χ1n) is 11.9. The van der Waals surface area contributed by atoms with Crippen molar-refractivity contribution in [3.63, 3.8) is 0 Å². The topological polar surface area (TPSA) is 65.7 Å². The molecule has 0 atom stereocenters. The van der Waals surface area contributed by atoms with E-state index in [-0.39, 0.29) is 5.56 Å². The zero-order chi connectivity index (χ0) is 25.5. The van der Waals surface area contributed by atoms with Crippen LogP contribution in [0.1, 0.15) is 43.6 Å². The number of fused-ring (bicyclic) bond motifs is 1. The van der Waals surface area contributed by atoms with Crippen molar-refractivity contribution in [2.45, 2.75) is 39.7 Å². The molecule has 0 aliphatic heterocycles. The number of unbranched alkanes of at least 4 members (excludes halogenated alkanes) is 1. The zero-order valence-electron chi connectivity index (χ0n) is 20.2. The van der Waals surface area contributed by atoms with Gasteiger partial charge in [-0.05, 0) is 77.4 Å². The molecule has 0 bridgehead atoms. The number of rotatable bonds is 10. The first-order chi connectivity index (χ1) is 17.5. The Balaban J connectivity index is 1.69. The number of hydrogen-bond acceptors (Lipinski definition) is 5. The van der Waals surface area contributed by atoms with Crippen molar-refractivity contribution in [1.29, 1.82) is 0 Å². The second-order valence-electron chi connectivity index (χ2n) is 8.19. The van der Waals surface area contributed by atoms with Crippen molar-refractivity contribution in [3.8, 4) is 11.5 Å². The van der Waals surface area contributed by atoms with Gasteiger partial charge in [0, 0.05) is 10.9 Å². The Morgan fingerprint density at radius 2 is 1.89 bits per heavy atom. The Bertz CT molecular complexity index is 1440. The SMILES string of the molecule is CCCCc1nc2ccc(Br)cc2c(=O)n1N=Cc1cc(I)c(OCc2ccccc2)c(OCC)c1. The van der Waals surface area contributed by atoms with Crippen LogP contribution in [0.25, 0.3) is 10.9 Å². The smallest absolute Gasteiger partial charge is 0.282 e. The molecule has 8 heteroatoms. The number of halogens is 2. The maximum absolute atomic E-state index is 13.3. The summed E-state index contributed by atoms with van der Waals surface area (Å²) in [6, 6.07) is 19.4. The molecule has 0 amide bonds. The van der Waals surface area contributed by atoms with Gasteiger partial charge in [-0.2, -0.15) is 9.78 Å². The molecular weight excluding hydrogens is 633 g/mol. The van der Waals surface area contributed by atoms with Crippen molar-refractivity contribution in [1.82, 2.24) is 9.66 Å². The van der Waals surface area contributed by atoms with E-state index >= 15 is 0 Å².